The number of hydrogen-bond acceptors (Lipinski definition) is 6. The van der Waals surface area contributed by atoms with Crippen molar-refractivity contribution in [3.8, 4) is 0 Å². The number of pyridine rings is 1. The highest BCUT2D eigenvalue weighted by molar-refractivity contribution is 7.90. The third-order valence-electron chi connectivity index (χ3n) is 5.34. The second-order valence-electron chi connectivity index (χ2n) is 7.39. The molecule has 1 unspecified atom stereocenters. The van der Waals surface area contributed by atoms with E-state index >= 15 is 0 Å². The van der Waals surface area contributed by atoms with Gasteiger partial charge in [-0.05, 0) is 44.9 Å². The highest BCUT2D eigenvalue weighted by Gasteiger charge is 2.37. The van der Waals surface area contributed by atoms with Gasteiger partial charge in [0.05, 0.1) is 28.2 Å². The number of Topliss-reactive ketones (excluding diaryl/α,β-unsaturated/α-hetero) is 1. The molecule has 1 aliphatic carbocycles. The highest BCUT2D eigenvalue weighted by Crippen LogP contribution is 2.33. The predicted molar refractivity (Wildman–Crippen MR) is 108 cm³/mol. The Hall–Kier alpha value is -2.85. The molecule has 1 fully saturated rings. The van der Waals surface area contributed by atoms with E-state index in [9.17, 15) is 23.3 Å². The number of benzene rings is 1. The average molecular weight is 433 g/mol. The van der Waals surface area contributed by atoms with Gasteiger partial charge in [-0.25, -0.2) is 0 Å². The van der Waals surface area contributed by atoms with Gasteiger partial charge in [0, 0.05) is 19.1 Å². The SMILES string of the molecule is COC1CC(C(=O)C(C)n2cc([N+](=O)[O-])ccc2=NS(=O)(=O)c2ccc(C)cc2)C1. The van der Waals surface area contributed by atoms with Crippen LogP contribution in [0.2, 0.25) is 0 Å². The van der Waals surface area contributed by atoms with Gasteiger partial charge in [0.15, 0.2) is 5.78 Å². The summed E-state index contributed by atoms with van der Waals surface area (Å²) in [6, 6.07) is 7.78. The summed E-state index contributed by atoms with van der Waals surface area (Å²) in [6.45, 7) is 3.42. The number of sulfonamides is 1. The van der Waals surface area contributed by atoms with Crippen molar-refractivity contribution in [2.24, 2.45) is 10.3 Å². The molecule has 0 radical (unpaired) electrons. The fourth-order valence-corrected chi connectivity index (χ4v) is 4.33. The molecule has 3 rings (SSSR count). The van der Waals surface area contributed by atoms with E-state index in [1.807, 2.05) is 6.92 Å². The van der Waals surface area contributed by atoms with E-state index in [0.29, 0.717) is 12.8 Å². The molecule has 160 valence electrons. The zero-order valence-electron chi connectivity index (χ0n) is 16.9. The number of ether oxygens (including phenoxy) is 1. The number of methoxy groups -OCH3 is 1. The summed E-state index contributed by atoms with van der Waals surface area (Å²) in [5, 5.41) is 11.2. The zero-order valence-corrected chi connectivity index (χ0v) is 17.7. The van der Waals surface area contributed by atoms with Gasteiger partial charge >= 0.3 is 0 Å². The average Bonchev–Trinajstić information content (AvgIpc) is 2.66. The van der Waals surface area contributed by atoms with Crippen molar-refractivity contribution < 1.29 is 22.9 Å². The number of hydrogen-bond donors (Lipinski definition) is 0. The number of nitrogens with zero attached hydrogens (tertiary/aromatic N) is 3. The van der Waals surface area contributed by atoms with Crippen LogP contribution >= 0.6 is 0 Å². The predicted octanol–water partition coefficient (Wildman–Crippen LogP) is 2.55. The van der Waals surface area contributed by atoms with Crippen LogP contribution in [0.15, 0.2) is 51.9 Å². The largest absolute Gasteiger partial charge is 0.381 e. The van der Waals surface area contributed by atoms with Crippen LogP contribution in [0.5, 0.6) is 0 Å². The number of aromatic nitrogens is 1. The molecule has 2 aromatic rings. The van der Waals surface area contributed by atoms with E-state index in [1.54, 1.807) is 26.2 Å². The first-order valence-corrected chi connectivity index (χ1v) is 10.9. The van der Waals surface area contributed by atoms with Gasteiger partial charge in [-0.2, -0.15) is 8.42 Å². The summed E-state index contributed by atoms with van der Waals surface area (Å²) in [5.74, 6) is -0.378. The molecule has 1 heterocycles. The monoisotopic (exact) mass is 433 g/mol. The summed E-state index contributed by atoms with van der Waals surface area (Å²) in [4.78, 5) is 23.5. The van der Waals surface area contributed by atoms with Crippen molar-refractivity contribution in [2.75, 3.05) is 7.11 Å². The van der Waals surface area contributed by atoms with E-state index in [1.165, 1.54) is 28.8 Å². The molecule has 9 nitrogen and oxygen atoms in total. The van der Waals surface area contributed by atoms with Crippen LogP contribution in [0.1, 0.15) is 31.4 Å². The topological polar surface area (TPSA) is 121 Å². The van der Waals surface area contributed by atoms with Crippen LogP contribution in [-0.2, 0) is 19.6 Å². The van der Waals surface area contributed by atoms with Gasteiger partial charge in [-0.1, -0.05) is 17.7 Å². The number of carbonyl (C=O) groups is 1. The standard InChI is InChI=1S/C20H23N3O6S/c1-13-4-7-18(8-5-13)30(27,28)21-19-9-6-16(23(25)26)12-22(19)14(2)20(24)15-10-17(11-15)29-3/h4-9,12,14-15,17H,10-11H2,1-3H3. The van der Waals surface area contributed by atoms with Gasteiger partial charge in [-0.3, -0.25) is 14.9 Å². The van der Waals surface area contributed by atoms with E-state index in [4.69, 9.17) is 4.74 Å². The minimum atomic E-state index is -4.07. The summed E-state index contributed by atoms with van der Waals surface area (Å²) in [7, 11) is -2.49. The molecular formula is C20H23N3O6S. The van der Waals surface area contributed by atoms with Gasteiger partial charge in [0.2, 0.25) is 0 Å². The number of rotatable bonds is 7. The molecule has 30 heavy (non-hydrogen) atoms. The van der Waals surface area contributed by atoms with E-state index in [-0.39, 0.29) is 33.9 Å². The lowest BCUT2D eigenvalue weighted by atomic mass is 9.77. The maximum atomic E-state index is 12.9. The maximum absolute atomic E-state index is 12.9. The summed E-state index contributed by atoms with van der Waals surface area (Å²) in [5.41, 5.74) is 0.586. The molecule has 1 aliphatic rings. The van der Waals surface area contributed by atoms with Crippen LogP contribution in [0.25, 0.3) is 0 Å². The van der Waals surface area contributed by atoms with E-state index < -0.39 is 21.0 Å². The number of ketones is 1. The minimum absolute atomic E-state index is 0.00101. The first-order chi connectivity index (χ1) is 14.1. The summed E-state index contributed by atoms with van der Waals surface area (Å²) < 4.78 is 35.8. The first kappa shape index (κ1) is 21.8. The Labute approximate surface area is 174 Å². The van der Waals surface area contributed by atoms with Crippen LogP contribution in [0, 0.1) is 23.0 Å². The quantitative estimate of drug-likeness (QED) is 0.489. The molecule has 1 aromatic heterocycles. The minimum Gasteiger partial charge on any atom is -0.381 e. The number of nitro groups is 1. The molecule has 0 saturated heterocycles. The Bertz CT molecular complexity index is 1130. The molecule has 0 aliphatic heterocycles. The van der Waals surface area contributed by atoms with Crippen molar-refractivity contribution in [3.63, 3.8) is 0 Å². The lowest BCUT2D eigenvalue weighted by Gasteiger charge is -2.34. The molecule has 0 N–H and O–H groups in total. The Balaban J connectivity index is 2.04. The highest BCUT2D eigenvalue weighted by atomic mass is 32.2. The van der Waals surface area contributed by atoms with Crippen molar-refractivity contribution in [1.82, 2.24) is 4.57 Å². The Morgan fingerprint density at radius 2 is 1.87 bits per heavy atom. The van der Waals surface area contributed by atoms with Crippen molar-refractivity contribution in [3.05, 3.63) is 63.8 Å². The summed E-state index contributed by atoms with van der Waals surface area (Å²) >= 11 is 0. The molecule has 0 spiro atoms. The van der Waals surface area contributed by atoms with Gasteiger partial charge in [0.1, 0.15) is 5.49 Å². The molecule has 0 bridgehead atoms. The van der Waals surface area contributed by atoms with Crippen molar-refractivity contribution in [2.45, 2.75) is 43.7 Å². The first-order valence-electron chi connectivity index (χ1n) is 9.43. The van der Waals surface area contributed by atoms with Crippen LogP contribution in [0.3, 0.4) is 0 Å². The summed E-state index contributed by atoms with van der Waals surface area (Å²) in [6.07, 6.45) is 2.32. The third-order valence-corrected chi connectivity index (χ3v) is 6.64. The maximum Gasteiger partial charge on any atom is 0.285 e. The molecule has 1 saturated carbocycles. The zero-order chi connectivity index (χ0) is 22.1. The molecule has 10 heteroatoms. The fraction of sp³-hybridized carbons (Fsp3) is 0.400. The third kappa shape index (κ3) is 4.49. The molecule has 1 atom stereocenters. The molecule has 1 aromatic carbocycles. The van der Waals surface area contributed by atoms with Gasteiger partial charge in [0.25, 0.3) is 15.7 Å². The van der Waals surface area contributed by atoms with Crippen molar-refractivity contribution in [1.29, 1.82) is 0 Å². The lowest BCUT2D eigenvalue weighted by Crippen LogP contribution is -2.40. The van der Waals surface area contributed by atoms with Crippen molar-refractivity contribution >= 4 is 21.5 Å². The number of carbonyl (C=O) groups excluding carboxylic acids is 1. The lowest BCUT2D eigenvalue weighted by molar-refractivity contribution is -0.385. The van der Waals surface area contributed by atoms with Gasteiger partial charge < -0.3 is 9.30 Å². The van der Waals surface area contributed by atoms with E-state index in [0.717, 1.165) is 11.8 Å². The number of aryl methyl sites for hydroxylation is 1. The molecular weight excluding hydrogens is 410 g/mol. The second-order valence-corrected chi connectivity index (χ2v) is 9.00. The Morgan fingerprint density at radius 1 is 1.23 bits per heavy atom. The van der Waals surface area contributed by atoms with Gasteiger partial charge in [-0.15, -0.1) is 4.40 Å². The Kier molecular flexibility index (Phi) is 6.18. The normalized spacial score (nSPS) is 20.4. The van der Waals surface area contributed by atoms with Crippen LogP contribution < -0.4 is 5.49 Å². The second kappa shape index (κ2) is 8.49. The fourth-order valence-electron chi connectivity index (χ4n) is 3.35. The molecule has 0 amide bonds. The van der Waals surface area contributed by atoms with E-state index in [2.05, 4.69) is 4.40 Å². The van der Waals surface area contributed by atoms with Crippen LogP contribution in [0.4, 0.5) is 5.69 Å². The Morgan fingerprint density at radius 3 is 2.43 bits per heavy atom. The van der Waals surface area contributed by atoms with Crippen LogP contribution in [-0.4, -0.2) is 36.9 Å². The smallest absolute Gasteiger partial charge is 0.285 e.